The minimum atomic E-state index is -0.0881. The molecular weight excluding hydrogens is 306 g/mol. The number of nitrogens with one attached hydrogen (secondary N) is 1. The molecule has 0 saturated carbocycles. The molecule has 0 unspecified atom stereocenters. The molecule has 0 aliphatic heterocycles. The Labute approximate surface area is 152 Å². The second kappa shape index (κ2) is 7.26. The van der Waals surface area contributed by atoms with Gasteiger partial charge in [0.25, 0.3) is 5.91 Å². The van der Waals surface area contributed by atoms with E-state index in [1.165, 1.54) is 5.56 Å². The number of hydrogen-bond donors (Lipinski definition) is 1. The van der Waals surface area contributed by atoms with Crippen molar-refractivity contribution in [3.8, 4) is 0 Å². The highest BCUT2D eigenvalue weighted by molar-refractivity contribution is 6.04. The zero-order chi connectivity index (χ0) is 18.7. The van der Waals surface area contributed by atoms with Gasteiger partial charge in [0.15, 0.2) is 0 Å². The van der Waals surface area contributed by atoms with Crippen molar-refractivity contribution >= 4 is 17.7 Å². The van der Waals surface area contributed by atoms with Crippen molar-refractivity contribution in [1.82, 2.24) is 0 Å². The van der Waals surface area contributed by atoms with E-state index in [1.807, 2.05) is 36.4 Å². The Morgan fingerprint density at radius 3 is 1.88 bits per heavy atom. The van der Waals surface area contributed by atoms with E-state index in [1.54, 1.807) is 0 Å². The standard InChI is InChI=1S/C23H29NO/c1-22(2,3)16-15-17-7-9-18(10-8-17)21(25)24-20-13-11-19(12-14-20)23(4,5)6/h7-16H,1-6H3,(H,24,25). The smallest absolute Gasteiger partial charge is 0.255 e. The SMILES string of the molecule is CC(C)(C)C=Cc1ccc(C(=O)Nc2ccc(C(C)(C)C)cc2)cc1. The summed E-state index contributed by atoms with van der Waals surface area (Å²) in [4.78, 5) is 12.4. The average Bonchev–Trinajstić information content (AvgIpc) is 2.52. The molecule has 2 aromatic rings. The number of allylic oxidation sites excluding steroid dienone is 1. The molecule has 2 aromatic carbocycles. The van der Waals surface area contributed by atoms with E-state index in [9.17, 15) is 4.79 Å². The minimum absolute atomic E-state index is 0.0881. The van der Waals surface area contributed by atoms with Gasteiger partial charge in [-0.1, -0.05) is 78.0 Å². The predicted octanol–water partition coefficient (Wildman–Crippen LogP) is 6.30. The molecule has 132 valence electrons. The Hall–Kier alpha value is -2.35. The molecule has 0 heterocycles. The van der Waals surface area contributed by atoms with Gasteiger partial charge in [-0.2, -0.15) is 0 Å². The number of rotatable bonds is 3. The highest BCUT2D eigenvalue weighted by Gasteiger charge is 2.13. The largest absolute Gasteiger partial charge is 0.322 e. The van der Waals surface area contributed by atoms with Crippen LogP contribution in [-0.2, 0) is 5.41 Å². The fraction of sp³-hybridized carbons (Fsp3) is 0.348. The summed E-state index contributed by atoms with van der Waals surface area (Å²) >= 11 is 0. The maximum absolute atomic E-state index is 12.4. The van der Waals surface area contributed by atoms with Crippen LogP contribution < -0.4 is 5.32 Å². The van der Waals surface area contributed by atoms with Crippen LogP contribution in [0, 0.1) is 5.41 Å². The second-order valence-corrected chi connectivity index (χ2v) is 8.60. The highest BCUT2D eigenvalue weighted by atomic mass is 16.1. The van der Waals surface area contributed by atoms with E-state index in [-0.39, 0.29) is 16.7 Å². The molecule has 25 heavy (non-hydrogen) atoms. The van der Waals surface area contributed by atoms with Gasteiger partial charge in [0.2, 0.25) is 0 Å². The average molecular weight is 335 g/mol. The fourth-order valence-corrected chi connectivity index (χ4v) is 2.35. The van der Waals surface area contributed by atoms with Crippen LogP contribution in [-0.4, -0.2) is 5.91 Å². The summed E-state index contributed by atoms with van der Waals surface area (Å²) in [6.07, 6.45) is 4.26. The molecule has 2 nitrogen and oxygen atoms in total. The zero-order valence-corrected chi connectivity index (χ0v) is 16.2. The Morgan fingerprint density at radius 1 is 0.840 bits per heavy atom. The van der Waals surface area contributed by atoms with Crippen molar-refractivity contribution in [2.75, 3.05) is 5.32 Å². The first-order valence-electron chi connectivity index (χ1n) is 8.76. The van der Waals surface area contributed by atoms with Gasteiger partial charge in [-0.05, 0) is 46.2 Å². The van der Waals surface area contributed by atoms with Crippen molar-refractivity contribution in [3.63, 3.8) is 0 Å². The summed E-state index contributed by atoms with van der Waals surface area (Å²) < 4.78 is 0. The molecule has 0 saturated heterocycles. The van der Waals surface area contributed by atoms with Gasteiger partial charge in [0.05, 0.1) is 0 Å². The summed E-state index contributed by atoms with van der Waals surface area (Å²) in [6.45, 7) is 13.0. The maximum atomic E-state index is 12.4. The number of carbonyl (C=O) groups is 1. The van der Waals surface area contributed by atoms with Crippen LogP contribution >= 0.6 is 0 Å². The van der Waals surface area contributed by atoms with Crippen LogP contribution in [0.15, 0.2) is 54.6 Å². The van der Waals surface area contributed by atoms with Gasteiger partial charge in [-0.3, -0.25) is 4.79 Å². The lowest BCUT2D eigenvalue weighted by molar-refractivity contribution is 0.102. The number of anilines is 1. The molecule has 0 bridgehead atoms. The number of benzene rings is 2. The molecule has 0 aromatic heterocycles. The second-order valence-electron chi connectivity index (χ2n) is 8.60. The third-order valence-corrected chi connectivity index (χ3v) is 3.96. The summed E-state index contributed by atoms with van der Waals surface area (Å²) in [5.74, 6) is -0.0881. The van der Waals surface area contributed by atoms with Crippen LogP contribution in [0.3, 0.4) is 0 Å². The van der Waals surface area contributed by atoms with Gasteiger partial charge in [-0.25, -0.2) is 0 Å². The lowest BCUT2D eigenvalue weighted by Crippen LogP contribution is -2.13. The third kappa shape index (κ3) is 5.90. The first-order valence-corrected chi connectivity index (χ1v) is 8.76. The zero-order valence-electron chi connectivity index (χ0n) is 16.2. The minimum Gasteiger partial charge on any atom is -0.322 e. The van der Waals surface area contributed by atoms with Crippen LogP contribution in [0.2, 0.25) is 0 Å². The number of amides is 1. The van der Waals surface area contributed by atoms with Crippen LogP contribution in [0.1, 0.15) is 63.0 Å². The summed E-state index contributed by atoms with van der Waals surface area (Å²) in [6, 6.07) is 15.7. The quantitative estimate of drug-likeness (QED) is 0.701. The molecular formula is C23H29NO. The molecule has 0 atom stereocenters. The summed E-state index contributed by atoms with van der Waals surface area (Å²) in [5.41, 5.74) is 4.08. The van der Waals surface area contributed by atoms with Crippen LogP contribution in [0.5, 0.6) is 0 Å². The van der Waals surface area contributed by atoms with E-state index in [2.05, 4.69) is 71.1 Å². The summed E-state index contributed by atoms with van der Waals surface area (Å²) in [7, 11) is 0. The molecule has 2 rings (SSSR count). The van der Waals surface area contributed by atoms with E-state index in [4.69, 9.17) is 0 Å². The third-order valence-electron chi connectivity index (χ3n) is 3.96. The molecule has 0 spiro atoms. The van der Waals surface area contributed by atoms with E-state index in [0.29, 0.717) is 5.56 Å². The van der Waals surface area contributed by atoms with Crippen molar-refractivity contribution in [1.29, 1.82) is 0 Å². The monoisotopic (exact) mass is 335 g/mol. The lowest BCUT2D eigenvalue weighted by atomic mass is 9.87. The highest BCUT2D eigenvalue weighted by Crippen LogP contribution is 2.23. The van der Waals surface area contributed by atoms with Crippen molar-refractivity contribution in [3.05, 3.63) is 71.3 Å². The Morgan fingerprint density at radius 2 is 1.40 bits per heavy atom. The van der Waals surface area contributed by atoms with Crippen molar-refractivity contribution < 1.29 is 4.79 Å². The molecule has 0 aliphatic rings. The van der Waals surface area contributed by atoms with Gasteiger partial charge >= 0.3 is 0 Å². The van der Waals surface area contributed by atoms with Crippen molar-refractivity contribution in [2.24, 2.45) is 5.41 Å². The first-order chi connectivity index (χ1) is 11.5. The van der Waals surface area contributed by atoms with E-state index >= 15 is 0 Å². The lowest BCUT2D eigenvalue weighted by Gasteiger charge is -2.19. The van der Waals surface area contributed by atoms with Gasteiger partial charge in [0, 0.05) is 11.3 Å². The Balaban J connectivity index is 2.05. The Bertz CT molecular complexity index is 739. The number of carbonyl (C=O) groups excluding carboxylic acids is 1. The molecule has 0 aliphatic carbocycles. The van der Waals surface area contributed by atoms with Gasteiger partial charge in [-0.15, -0.1) is 0 Å². The molecule has 2 heteroatoms. The molecule has 1 N–H and O–H groups in total. The van der Waals surface area contributed by atoms with Gasteiger partial charge < -0.3 is 5.32 Å². The number of hydrogen-bond acceptors (Lipinski definition) is 1. The maximum Gasteiger partial charge on any atom is 0.255 e. The molecule has 0 fully saturated rings. The van der Waals surface area contributed by atoms with Crippen LogP contribution in [0.4, 0.5) is 5.69 Å². The molecule has 0 radical (unpaired) electrons. The summed E-state index contributed by atoms with van der Waals surface area (Å²) in [5, 5.41) is 2.96. The molecule has 1 amide bonds. The van der Waals surface area contributed by atoms with Crippen molar-refractivity contribution in [2.45, 2.75) is 47.0 Å². The topological polar surface area (TPSA) is 29.1 Å². The van der Waals surface area contributed by atoms with Gasteiger partial charge in [0.1, 0.15) is 0 Å². The Kier molecular flexibility index (Phi) is 5.52. The van der Waals surface area contributed by atoms with Crippen LogP contribution in [0.25, 0.3) is 6.08 Å². The fourth-order valence-electron chi connectivity index (χ4n) is 2.35. The first kappa shape index (κ1) is 19.0. The predicted molar refractivity (Wildman–Crippen MR) is 108 cm³/mol. The van der Waals surface area contributed by atoms with E-state index < -0.39 is 0 Å². The normalized spacial score (nSPS) is 12.4. The van der Waals surface area contributed by atoms with E-state index in [0.717, 1.165) is 11.3 Å².